The summed E-state index contributed by atoms with van der Waals surface area (Å²) in [5.41, 5.74) is -2.70. The maximum Gasteiger partial charge on any atom is 0.416 e. The van der Waals surface area contributed by atoms with Crippen LogP contribution in [0.2, 0.25) is 0 Å². The second-order valence-corrected chi connectivity index (χ2v) is 7.72. The molecular weight excluding hydrogens is 446 g/mol. The lowest BCUT2D eigenvalue weighted by atomic mass is 10.1. The summed E-state index contributed by atoms with van der Waals surface area (Å²) in [5.74, 6) is 0.581. The van der Waals surface area contributed by atoms with Gasteiger partial charge >= 0.3 is 12.4 Å². The first-order valence-electron chi connectivity index (χ1n) is 8.82. The van der Waals surface area contributed by atoms with Crippen LogP contribution in [0.5, 0.6) is 0 Å². The highest BCUT2D eigenvalue weighted by molar-refractivity contribution is 7.99. The highest BCUT2D eigenvalue weighted by Crippen LogP contribution is 2.33. The predicted molar refractivity (Wildman–Crippen MR) is 102 cm³/mol. The number of fused-ring (bicyclic) bond motifs is 2. The standard InChI is InChI=1S/C19H12F6N4OS/c1-2-31-17-15(27-14-8-11(19(23,24)25)5-6-28(14)17)29-9-26-13-7-10(18(20,21)22)3-4-12(13)16(29)30/h3-9H,2H2,1H3. The number of alkyl halides is 6. The second-order valence-electron chi connectivity index (χ2n) is 6.46. The van der Waals surface area contributed by atoms with Crippen LogP contribution in [0.25, 0.3) is 22.4 Å². The Morgan fingerprint density at radius 2 is 1.68 bits per heavy atom. The molecule has 4 rings (SSSR count). The molecule has 0 fully saturated rings. The Morgan fingerprint density at radius 1 is 1.00 bits per heavy atom. The fourth-order valence-corrected chi connectivity index (χ4v) is 3.90. The lowest BCUT2D eigenvalue weighted by Gasteiger charge is -2.09. The summed E-state index contributed by atoms with van der Waals surface area (Å²) >= 11 is 1.25. The zero-order chi connectivity index (χ0) is 22.6. The summed E-state index contributed by atoms with van der Waals surface area (Å²) < 4.78 is 80.4. The first-order chi connectivity index (χ1) is 14.5. The molecule has 12 heteroatoms. The second kappa shape index (κ2) is 7.29. The molecule has 1 aromatic carbocycles. The van der Waals surface area contributed by atoms with Crippen molar-refractivity contribution in [3.63, 3.8) is 0 Å². The highest BCUT2D eigenvalue weighted by Gasteiger charge is 2.32. The van der Waals surface area contributed by atoms with Crippen LogP contribution >= 0.6 is 11.8 Å². The van der Waals surface area contributed by atoms with Gasteiger partial charge in [-0.25, -0.2) is 14.5 Å². The van der Waals surface area contributed by atoms with E-state index in [9.17, 15) is 31.1 Å². The molecule has 0 unspecified atom stereocenters. The molecule has 0 N–H and O–H groups in total. The van der Waals surface area contributed by atoms with Gasteiger partial charge in [0.1, 0.15) is 17.0 Å². The third kappa shape index (κ3) is 3.75. The van der Waals surface area contributed by atoms with E-state index in [0.717, 1.165) is 41.2 Å². The minimum Gasteiger partial charge on any atom is -0.293 e. The number of hydrogen-bond acceptors (Lipinski definition) is 4. The fourth-order valence-electron chi connectivity index (χ4n) is 3.06. The van der Waals surface area contributed by atoms with E-state index in [-0.39, 0.29) is 22.4 Å². The van der Waals surface area contributed by atoms with E-state index in [0.29, 0.717) is 10.8 Å². The smallest absolute Gasteiger partial charge is 0.293 e. The molecule has 0 spiro atoms. The Hall–Kier alpha value is -3.02. The maximum absolute atomic E-state index is 13.1. The van der Waals surface area contributed by atoms with Crippen molar-refractivity contribution in [2.75, 3.05) is 5.75 Å². The molecular formula is C19H12F6N4OS. The van der Waals surface area contributed by atoms with E-state index in [1.54, 1.807) is 0 Å². The number of thioether (sulfide) groups is 1. The molecule has 0 amide bonds. The van der Waals surface area contributed by atoms with Crippen LogP contribution in [0.1, 0.15) is 18.1 Å². The van der Waals surface area contributed by atoms with Crippen molar-refractivity contribution in [3.8, 4) is 5.82 Å². The summed E-state index contributed by atoms with van der Waals surface area (Å²) in [6, 6.07) is 4.32. The van der Waals surface area contributed by atoms with Crippen molar-refractivity contribution in [3.05, 3.63) is 64.3 Å². The molecule has 0 aliphatic rings. The minimum atomic E-state index is -4.59. The molecule has 162 valence electrons. The third-order valence-electron chi connectivity index (χ3n) is 4.49. The Bertz CT molecular complexity index is 1360. The van der Waals surface area contributed by atoms with Crippen molar-refractivity contribution in [2.24, 2.45) is 0 Å². The van der Waals surface area contributed by atoms with E-state index in [1.807, 2.05) is 6.92 Å². The number of hydrogen-bond donors (Lipinski definition) is 0. The Morgan fingerprint density at radius 3 is 2.32 bits per heavy atom. The van der Waals surface area contributed by atoms with Crippen LogP contribution < -0.4 is 5.56 Å². The molecule has 0 radical (unpaired) electrons. The first-order valence-corrected chi connectivity index (χ1v) is 9.80. The summed E-state index contributed by atoms with van der Waals surface area (Å²) in [7, 11) is 0. The molecule has 0 bridgehead atoms. The summed E-state index contributed by atoms with van der Waals surface area (Å²) in [5, 5.41) is 0.331. The van der Waals surface area contributed by atoms with Crippen LogP contribution in [0, 0.1) is 0 Å². The van der Waals surface area contributed by atoms with Crippen molar-refractivity contribution >= 4 is 28.3 Å². The number of aromatic nitrogens is 4. The van der Waals surface area contributed by atoms with E-state index < -0.39 is 29.0 Å². The van der Waals surface area contributed by atoms with Crippen molar-refractivity contribution in [2.45, 2.75) is 24.3 Å². The fraction of sp³-hybridized carbons (Fsp3) is 0.211. The van der Waals surface area contributed by atoms with Gasteiger partial charge in [-0.3, -0.25) is 9.20 Å². The van der Waals surface area contributed by atoms with Gasteiger partial charge in [0.2, 0.25) is 0 Å². The number of halogens is 6. The van der Waals surface area contributed by atoms with Gasteiger partial charge in [0.25, 0.3) is 5.56 Å². The topological polar surface area (TPSA) is 52.2 Å². The predicted octanol–water partition coefficient (Wildman–Crippen LogP) is 5.18. The number of nitrogens with zero attached hydrogens (tertiary/aromatic N) is 4. The number of rotatable bonds is 3. The highest BCUT2D eigenvalue weighted by atomic mass is 32.2. The Balaban J connectivity index is 1.93. The molecule has 0 atom stereocenters. The zero-order valence-electron chi connectivity index (χ0n) is 15.6. The minimum absolute atomic E-state index is 0.0276. The number of pyridine rings is 1. The van der Waals surface area contributed by atoms with Crippen LogP contribution in [0.3, 0.4) is 0 Å². The van der Waals surface area contributed by atoms with Crippen molar-refractivity contribution < 1.29 is 26.3 Å². The van der Waals surface area contributed by atoms with Gasteiger partial charge < -0.3 is 0 Å². The summed E-state index contributed by atoms with van der Waals surface area (Å²) in [4.78, 5) is 21.1. The first kappa shape index (κ1) is 21.2. The molecule has 0 saturated heterocycles. The van der Waals surface area contributed by atoms with E-state index in [4.69, 9.17) is 0 Å². The van der Waals surface area contributed by atoms with Gasteiger partial charge in [-0.15, -0.1) is 11.8 Å². The maximum atomic E-state index is 13.1. The number of benzene rings is 1. The third-order valence-corrected chi connectivity index (χ3v) is 5.43. The average Bonchev–Trinajstić information content (AvgIpc) is 3.04. The van der Waals surface area contributed by atoms with Crippen molar-refractivity contribution in [1.29, 1.82) is 0 Å². The molecule has 4 aromatic rings. The lowest BCUT2D eigenvalue weighted by molar-refractivity contribution is -0.138. The summed E-state index contributed by atoms with van der Waals surface area (Å²) in [6.45, 7) is 1.82. The lowest BCUT2D eigenvalue weighted by Crippen LogP contribution is -2.20. The molecule has 0 saturated carbocycles. The van der Waals surface area contributed by atoms with Crippen LogP contribution in [-0.2, 0) is 12.4 Å². The van der Waals surface area contributed by atoms with E-state index >= 15 is 0 Å². The quantitative estimate of drug-likeness (QED) is 0.314. The Kier molecular flexibility index (Phi) is 4.99. The van der Waals surface area contributed by atoms with Gasteiger partial charge in [0.05, 0.1) is 22.0 Å². The molecule has 3 aromatic heterocycles. The van der Waals surface area contributed by atoms with Gasteiger partial charge in [-0.05, 0) is 36.1 Å². The molecule has 0 aliphatic carbocycles. The van der Waals surface area contributed by atoms with E-state index in [2.05, 4.69) is 9.97 Å². The molecule has 0 aliphatic heterocycles. The van der Waals surface area contributed by atoms with Crippen molar-refractivity contribution in [1.82, 2.24) is 18.9 Å². The average molecular weight is 458 g/mol. The van der Waals surface area contributed by atoms with Gasteiger partial charge in [0, 0.05) is 6.20 Å². The van der Waals surface area contributed by atoms with Gasteiger partial charge in [0.15, 0.2) is 5.82 Å². The molecule has 5 nitrogen and oxygen atoms in total. The molecule has 31 heavy (non-hydrogen) atoms. The summed E-state index contributed by atoms with van der Waals surface area (Å²) in [6.07, 6.45) is -6.92. The van der Waals surface area contributed by atoms with Crippen LogP contribution in [0.15, 0.2) is 52.7 Å². The van der Waals surface area contributed by atoms with Gasteiger partial charge in [-0.2, -0.15) is 26.3 Å². The van der Waals surface area contributed by atoms with Crippen LogP contribution in [0.4, 0.5) is 26.3 Å². The monoisotopic (exact) mass is 458 g/mol. The normalized spacial score (nSPS) is 12.7. The SMILES string of the molecule is CCSc1c(-n2cnc3cc(C(F)(F)F)ccc3c2=O)nc2cc(C(F)(F)F)ccn12. The van der Waals surface area contributed by atoms with Crippen LogP contribution in [-0.4, -0.2) is 24.7 Å². The van der Waals surface area contributed by atoms with Gasteiger partial charge in [-0.1, -0.05) is 6.92 Å². The van der Waals surface area contributed by atoms with E-state index in [1.165, 1.54) is 22.4 Å². The zero-order valence-corrected chi connectivity index (χ0v) is 16.4. The Labute approximate surface area is 174 Å². The molecule has 3 heterocycles. The number of imidazole rings is 1. The largest absolute Gasteiger partial charge is 0.416 e.